The zero-order valence-corrected chi connectivity index (χ0v) is 11.7. The Morgan fingerprint density at radius 2 is 2.37 bits per heavy atom. The highest BCUT2D eigenvalue weighted by atomic mass is 35.5. The van der Waals surface area contributed by atoms with Crippen LogP contribution in [0, 0.1) is 0 Å². The van der Waals surface area contributed by atoms with Gasteiger partial charge in [0.2, 0.25) is 0 Å². The molecular formula is C13H19ClN2O3. The Bertz CT molecular complexity index is 426. The summed E-state index contributed by atoms with van der Waals surface area (Å²) < 4.78 is 10.6. The van der Waals surface area contributed by atoms with Crippen molar-refractivity contribution in [2.24, 2.45) is 0 Å². The number of anilines is 1. The minimum atomic E-state index is -0.0474. The third-order valence-corrected chi connectivity index (χ3v) is 2.91. The number of carbonyl (C=O) groups is 1. The summed E-state index contributed by atoms with van der Waals surface area (Å²) in [6.07, 6.45) is -0.0474. The second-order valence-electron chi connectivity index (χ2n) is 4.32. The van der Waals surface area contributed by atoms with Gasteiger partial charge in [0.1, 0.15) is 0 Å². The van der Waals surface area contributed by atoms with Crippen LogP contribution in [-0.2, 0) is 9.47 Å². The van der Waals surface area contributed by atoms with Crippen molar-refractivity contribution in [1.82, 2.24) is 4.90 Å². The summed E-state index contributed by atoms with van der Waals surface area (Å²) in [5, 5.41) is 0. The number of amides is 1. The number of rotatable bonds is 3. The molecule has 19 heavy (non-hydrogen) atoms. The summed E-state index contributed by atoms with van der Waals surface area (Å²) in [6, 6.07) is 7.03. The number of carbonyl (C=O) groups excluding carboxylic acids is 1. The molecule has 0 spiro atoms. The van der Waals surface area contributed by atoms with Crippen molar-refractivity contribution in [1.29, 1.82) is 0 Å². The maximum absolute atomic E-state index is 12.3. The molecule has 0 aromatic heterocycles. The fourth-order valence-corrected chi connectivity index (χ4v) is 2.04. The predicted molar refractivity (Wildman–Crippen MR) is 75.6 cm³/mol. The molecule has 1 saturated heterocycles. The molecule has 1 unspecified atom stereocenters. The SMILES string of the molecule is COCC1CN(C(=O)c2cccc(N)c2)CCO1.Cl. The quantitative estimate of drug-likeness (QED) is 0.848. The van der Waals surface area contributed by atoms with E-state index in [-0.39, 0.29) is 24.4 Å². The molecule has 1 amide bonds. The molecule has 1 fully saturated rings. The lowest BCUT2D eigenvalue weighted by molar-refractivity contribution is -0.0531. The van der Waals surface area contributed by atoms with Crippen LogP contribution in [0.15, 0.2) is 24.3 Å². The number of hydrogen-bond donors (Lipinski definition) is 1. The van der Waals surface area contributed by atoms with Crippen LogP contribution < -0.4 is 5.73 Å². The molecule has 1 aliphatic rings. The van der Waals surface area contributed by atoms with Gasteiger partial charge in [0.25, 0.3) is 5.91 Å². The van der Waals surface area contributed by atoms with Crippen LogP contribution in [0.4, 0.5) is 5.69 Å². The average molecular weight is 287 g/mol. The molecule has 1 aromatic carbocycles. The maximum atomic E-state index is 12.3. The fraction of sp³-hybridized carbons (Fsp3) is 0.462. The van der Waals surface area contributed by atoms with Crippen LogP contribution in [0.2, 0.25) is 0 Å². The number of benzene rings is 1. The lowest BCUT2D eigenvalue weighted by Crippen LogP contribution is -2.47. The van der Waals surface area contributed by atoms with E-state index in [0.717, 1.165) is 0 Å². The van der Waals surface area contributed by atoms with Crippen LogP contribution in [-0.4, -0.2) is 50.3 Å². The third-order valence-electron chi connectivity index (χ3n) is 2.91. The van der Waals surface area contributed by atoms with Gasteiger partial charge < -0.3 is 20.1 Å². The Morgan fingerprint density at radius 3 is 3.05 bits per heavy atom. The Kier molecular flexibility index (Phi) is 6.08. The topological polar surface area (TPSA) is 64.8 Å². The van der Waals surface area contributed by atoms with Crippen molar-refractivity contribution < 1.29 is 14.3 Å². The van der Waals surface area contributed by atoms with E-state index in [9.17, 15) is 4.79 Å². The minimum absolute atomic E-state index is 0. The summed E-state index contributed by atoms with van der Waals surface area (Å²) in [7, 11) is 1.63. The molecule has 0 bridgehead atoms. The van der Waals surface area contributed by atoms with Crippen molar-refractivity contribution in [3.63, 3.8) is 0 Å². The van der Waals surface area contributed by atoms with Gasteiger partial charge in [-0.05, 0) is 18.2 Å². The van der Waals surface area contributed by atoms with Crippen molar-refractivity contribution in [2.75, 3.05) is 39.1 Å². The molecule has 0 aliphatic carbocycles. The van der Waals surface area contributed by atoms with E-state index in [2.05, 4.69) is 0 Å². The molecule has 5 nitrogen and oxygen atoms in total. The summed E-state index contributed by atoms with van der Waals surface area (Å²) in [5.41, 5.74) is 6.90. The summed E-state index contributed by atoms with van der Waals surface area (Å²) in [4.78, 5) is 14.1. The van der Waals surface area contributed by atoms with Crippen LogP contribution >= 0.6 is 12.4 Å². The second kappa shape index (κ2) is 7.33. The van der Waals surface area contributed by atoms with Crippen molar-refractivity contribution in [3.8, 4) is 0 Å². The van der Waals surface area contributed by atoms with Gasteiger partial charge in [-0.1, -0.05) is 6.07 Å². The van der Waals surface area contributed by atoms with Crippen LogP contribution in [0.5, 0.6) is 0 Å². The molecule has 0 radical (unpaired) electrons. The highest BCUT2D eigenvalue weighted by molar-refractivity contribution is 5.95. The Hall–Kier alpha value is -1.30. The average Bonchev–Trinajstić information content (AvgIpc) is 2.39. The van der Waals surface area contributed by atoms with E-state index in [0.29, 0.717) is 37.6 Å². The molecule has 1 aromatic rings. The van der Waals surface area contributed by atoms with Crippen molar-refractivity contribution in [3.05, 3.63) is 29.8 Å². The molecule has 106 valence electrons. The standard InChI is InChI=1S/C13H18N2O3.ClH/c1-17-9-12-8-15(5-6-18-12)13(16)10-3-2-4-11(14)7-10;/h2-4,7,12H,5-6,8-9,14H2,1H3;1H. The number of ether oxygens (including phenoxy) is 2. The number of methoxy groups -OCH3 is 1. The zero-order chi connectivity index (χ0) is 13.0. The highest BCUT2D eigenvalue weighted by Gasteiger charge is 2.24. The summed E-state index contributed by atoms with van der Waals surface area (Å²) in [5.74, 6) is -0.00768. The number of halogens is 1. The van der Waals surface area contributed by atoms with Crippen molar-refractivity contribution >= 4 is 24.0 Å². The molecular weight excluding hydrogens is 268 g/mol. The normalized spacial score (nSPS) is 18.8. The van der Waals surface area contributed by atoms with E-state index in [4.69, 9.17) is 15.2 Å². The number of nitrogen functional groups attached to an aromatic ring is 1. The van der Waals surface area contributed by atoms with Gasteiger partial charge >= 0.3 is 0 Å². The lowest BCUT2D eigenvalue weighted by Gasteiger charge is -2.32. The van der Waals surface area contributed by atoms with E-state index >= 15 is 0 Å². The van der Waals surface area contributed by atoms with Gasteiger partial charge in [0.05, 0.1) is 19.3 Å². The molecule has 2 N–H and O–H groups in total. The van der Waals surface area contributed by atoms with Gasteiger partial charge in [-0.25, -0.2) is 0 Å². The van der Waals surface area contributed by atoms with Gasteiger partial charge in [0, 0.05) is 31.5 Å². The highest BCUT2D eigenvalue weighted by Crippen LogP contribution is 2.13. The first-order valence-corrected chi connectivity index (χ1v) is 5.96. The minimum Gasteiger partial charge on any atom is -0.399 e. The smallest absolute Gasteiger partial charge is 0.254 e. The molecule has 6 heteroatoms. The van der Waals surface area contributed by atoms with Gasteiger partial charge in [-0.2, -0.15) is 0 Å². The molecule has 1 atom stereocenters. The van der Waals surface area contributed by atoms with Gasteiger partial charge in [-0.3, -0.25) is 4.79 Å². The molecule has 2 rings (SSSR count). The van der Waals surface area contributed by atoms with E-state index in [1.54, 1.807) is 36.3 Å². The number of nitrogens with two attached hydrogens (primary N) is 1. The van der Waals surface area contributed by atoms with E-state index in [1.807, 2.05) is 0 Å². The van der Waals surface area contributed by atoms with E-state index < -0.39 is 0 Å². The second-order valence-corrected chi connectivity index (χ2v) is 4.32. The molecule has 0 saturated carbocycles. The zero-order valence-electron chi connectivity index (χ0n) is 10.9. The third kappa shape index (κ3) is 4.09. The summed E-state index contributed by atoms with van der Waals surface area (Å²) in [6.45, 7) is 2.21. The van der Waals surface area contributed by atoms with Crippen LogP contribution in [0.1, 0.15) is 10.4 Å². The summed E-state index contributed by atoms with van der Waals surface area (Å²) >= 11 is 0. The predicted octanol–water partition coefficient (Wildman–Crippen LogP) is 1.18. The number of morpholine rings is 1. The van der Waals surface area contributed by atoms with Crippen LogP contribution in [0.25, 0.3) is 0 Å². The molecule has 1 aliphatic heterocycles. The Balaban J connectivity index is 0.00000180. The maximum Gasteiger partial charge on any atom is 0.254 e. The Morgan fingerprint density at radius 1 is 1.58 bits per heavy atom. The van der Waals surface area contributed by atoms with E-state index in [1.165, 1.54) is 0 Å². The first-order chi connectivity index (χ1) is 8.70. The molecule has 1 heterocycles. The first-order valence-electron chi connectivity index (χ1n) is 5.96. The van der Waals surface area contributed by atoms with Gasteiger partial charge in [-0.15, -0.1) is 12.4 Å². The monoisotopic (exact) mass is 286 g/mol. The van der Waals surface area contributed by atoms with Crippen molar-refractivity contribution in [2.45, 2.75) is 6.10 Å². The number of hydrogen-bond acceptors (Lipinski definition) is 4. The largest absolute Gasteiger partial charge is 0.399 e. The number of nitrogens with zero attached hydrogens (tertiary/aromatic N) is 1. The first kappa shape index (κ1) is 15.8. The fourth-order valence-electron chi connectivity index (χ4n) is 2.04. The Labute approximate surface area is 119 Å². The van der Waals surface area contributed by atoms with Crippen LogP contribution in [0.3, 0.4) is 0 Å². The lowest BCUT2D eigenvalue weighted by atomic mass is 10.1. The van der Waals surface area contributed by atoms with Gasteiger partial charge in [0.15, 0.2) is 0 Å².